The smallest absolute Gasteiger partial charge is 0.259 e. The Bertz CT molecular complexity index is 1350. The van der Waals surface area contributed by atoms with Gasteiger partial charge >= 0.3 is 0 Å². The number of carbonyl (C=O) groups is 1. The SMILES string of the molecule is COc1ccc(OC)c(-c2nn(-c3ccccc3)cc2C(=O)Nc2ccccc2N2CCOCC2)c1. The molecule has 8 nitrogen and oxygen atoms in total. The van der Waals surface area contributed by atoms with Crippen LogP contribution < -0.4 is 19.7 Å². The summed E-state index contributed by atoms with van der Waals surface area (Å²) in [7, 11) is 3.20. The number of anilines is 2. The monoisotopic (exact) mass is 484 g/mol. The van der Waals surface area contributed by atoms with Crippen LogP contribution in [0.15, 0.2) is 79.0 Å². The molecule has 0 saturated carbocycles. The Balaban J connectivity index is 1.57. The van der Waals surface area contributed by atoms with Crippen molar-refractivity contribution in [3.05, 3.63) is 84.6 Å². The van der Waals surface area contributed by atoms with Crippen molar-refractivity contribution in [2.24, 2.45) is 0 Å². The molecule has 1 aliphatic rings. The number of nitrogens with one attached hydrogen (secondary N) is 1. The Morgan fingerprint density at radius 2 is 1.69 bits per heavy atom. The molecule has 2 heterocycles. The third-order valence-corrected chi connectivity index (χ3v) is 6.15. The maximum absolute atomic E-state index is 13.8. The Hall–Kier alpha value is -4.30. The summed E-state index contributed by atoms with van der Waals surface area (Å²) in [6.45, 7) is 2.86. The lowest BCUT2D eigenvalue weighted by Gasteiger charge is -2.30. The predicted octanol–water partition coefficient (Wildman–Crippen LogP) is 4.65. The molecule has 0 unspecified atom stereocenters. The van der Waals surface area contributed by atoms with Crippen LogP contribution in [0.25, 0.3) is 16.9 Å². The van der Waals surface area contributed by atoms with E-state index in [0.29, 0.717) is 41.5 Å². The molecule has 1 N–H and O–H groups in total. The second-order valence-corrected chi connectivity index (χ2v) is 8.31. The van der Waals surface area contributed by atoms with Crippen LogP contribution in [0.2, 0.25) is 0 Å². The van der Waals surface area contributed by atoms with Gasteiger partial charge in [-0.2, -0.15) is 5.10 Å². The van der Waals surface area contributed by atoms with Gasteiger partial charge in [0.25, 0.3) is 5.91 Å². The number of amides is 1. The molecular formula is C28H28N4O4. The maximum Gasteiger partial charge on any atom is 0.259 e. The first-order chi connectivity index (χ1) is 17.7. The molecule has 0 atom stereocenters. The van der Waals surface area contributed by atoms with Crippen LogP contribution in [-0.2, 0) is 4.74 Å². The predicted molar refractivity (Wildman–Crippen MR) is 140 cm³/mol. The van der Waals surface area contributed by atoms with Crippen molar-refractivity contribution >= 4 is 17.3 Å². The number of benzene rings is 3. The molecule has 0 spiro atoms. The molecule has 0 bridgehead atoms. The second kappa shape index (κ2) is 10.5. The summed E-state index contributed by atoms with van der Waals surface area (Å²) >= 11 is 0. The highest BCUT2D eigenvalue weighted by Gasteiger charge is 2.23. The van der Waals surface area contributed by atoms with Gasteiger partial charge in [-0.05, 0) is 42.5 Å². The van der Waals surface area contributed by atoms with Crippen LogP contribution >= 0.6 is 0 Å². The number of para-hydroxylation sites is 3. The van der Waals surface area contributed by atoms with Crippen LogP contribution in [-0.4, -0.2) is 56.2 Å². The third kappa shape index (κ3) is 4.76. The summed E-state index contributed by atoms with van der Waals surface area (Å²) in [5.41, 5.74) is 4.12. The van der Waals surface area contributed by atoms with E-state index < -0.39 is 0 Å². The van der Waals surface area contributed by atoms with Crippen molar-refractivity contribution in [1.82, 2.24) is 9.78 Å². The largest absolute Gasteiger partial charge is 0.497 e. The number of aromatic nitrogens is 2. The van der Waals surface area contributed by atoms with Gasteiger partial charge in [0.05, 0.1) is 50.1 Å². The van der Waals surface area contributed by atoms with Crippen molar-refractivity contribution in [3.8, 4) is 28.4 Å². The first-order valence-corrected chi connectivity index (χ1v) is 11.8. The number of nitrogens with zero attached hydrogens (tertiary/aromatic N) is 3. The van der Waals surface area contributed by atoms with Gasteiger partial charge in [-0.25, -0.2) is 4.68 Å². The lowest BCUT2D eigenvalue weighted by Crippen LogP contribution is -2.36. The Kier molecular flexibility index (Phi) is 6.86. The number of ether oxygens (including phenoxy) is 3. The molecule has 1 fully saturated rings. The van der Waals surface area contributed by atoms with E-state index in [1.54, 1.807) is 25.1 Å². The molecule has 1 saturated heterocycles. The number of morpholine rings is 1. The van der Waals surface area contributed by atoms with Gasteiger partial charge in [0.2, 0.25) is 0 Å². The molecule has 5 rings (SSSR count). The zero-order valence-electron chi connectivity index (χ0n) is 20.3. The van der Waals surface area contributed by atoms with Crippen LogP contribution in [0, 0.1) is 0 Å². The van der Waals surface area contributed by atoms with E-state index in [9.17, 15) is 4.79 Å². The summed E-state index contributed by atoms with van der Waals surface area (Å²) in [6.07, 6.45) is 1.75. The van der Waals surface area contributed by atoms with Crippen molar-refractivity contribution in [1.29, 1.82) is 0 Å². The summed E-state index contributed by atoms with van der Waals surface area (Å²) < 4.78 is 18.3. The lowest BCUT2D eigenvalue weighted by molar-refractivity contribution is 0.102. The Labute approximate surface area is 210 Å². The van der Waals surface area contributed by atoms with E-state index >= 15 is 0 Å². The van der Waals surface area contributed by atoms with E-state index in [2.05, 4.69) is 10.2 Å². The first kappa shape index (κ1) is 23.4. The van der Waals surface area contributed by atoms with E-state index in [1.807, 2.05) is 72.8 Å². The van der Waals surface area contributed by atoms with Gasteiger partial charge in [0.15, 0.2) is 0 Å². The topological polar surface area (TPSA) is 77.8 Å². The molecule has 184 valence electrons. The zero-order chi connectivity index (χ0) is 24.9. The van der Waals surface area contributed by atoms with Crippen LogP contribution in [0.5, 0.6) is 11.5 Å². The van der Waals surface area contributed by atoms with Gasteiger partial charge in [-0.3, -0.25) is 4.79 Å². The lowest BCUT2D eigenvalue weighted by atomic mass is 10.1. The Morgan fingerprint density at radius 1 is 0.944 bits per heavy atom. The van der Waals surface area contributed by atoms with E-state index in [0.717, 1.165) is 30.2 Å². The summed E-state index contributed by atoms with van der Waals surface area (Å²) in [4.78, 5) is 16.0. The fourth-order valence-electron chi connectivity index (χ4n) is 4.30. The molecule has 1 amide bonds. The van der Waals surface area contributed by atoms with Crippen molar-refractivity contribution in [2.75, 3.05) is 50.7 Å². The number of hydrogen-bond acceptors (Lipinski definition) is 6. The molecule has 36 heavy (non-hydrogen) atoms. The highest BCUT2D eigenvalue weighted by molar-refractivity contribution is 6.09. The molecule has 1 aliphatic heterocycles. The quantitative estimate of drug-likeness (QED) is 0.412. The molecule has 8 heteroatoms. The van der Waals surface area contributed by atoms with Crippen molar-refractivity contribution < 1.29 is 19.0 Å². The molecule has 0 radical (unpaired) electrons. The number of carbonyl (C=O) groups excluding carboxylic acids is 1. The van der Waals surface area contributed by atoms with Gasteiger partial charge in [0, 0.05) is 24.8 Å². The standard InChI is InChI=1S/C28H28N4O4/c1-34-21-12-13-26(35-2)22(18-21)27-23(19-32(30-27)20-8-4-3-5-9-20)28(33)29-24-10-6-7-11-25(24)31-14-16-36-17-15-31/h3-13,18-19H,14-17H2,1-2H3,(H,29,33). The minimum absolute atomic E-state index is 0.266. The zero-order valence-corrected chi connectivity index (χ0v) is 20.3. The summed E-state index contributed by atoms with van der Waals surface area (Å²) in [5, 5.41) is 7.92. The molecule has 1 aromatic heterocycles. The molecular weight excluding hydrogens is 456 g/mol. The third-order valence-electron chi connectivity index (χ3n) is 6.15. The van der Waals surface area contributed by atoms with Crippen LogP contribution in [0.3, 0.4) is 0 Å². The highest BCUT2D eigenvalue weighted by Crippen LogP contribution is 2.36. The van der Waals surface area contributed by atoms with E-state index in [1.165, 1.54) is 0 Å². The fourth-order valence-corrected chi connectivity index (χ4v) is 4.30. The fraction of sp³-hybridized carbons (Fsp3) is 0.214. The van der Waals surface area contributed by atoms with E-state index in [-0.39, 0.29) is 5.91 Å². The van der Waals surface area contributed by atoms with E-state index in [4.69, 9.17) is 19.3 Å². The number of hydrogen-bond donors (Lipinski definition) is 1. The molecule has 4 aromatic rings. The highest BCUT2D eigenvalue weighted by atomic mass is 16.5. The number of rotatable bonds is 7. The average Bonchev–Trinajstić information content (AvgIpc) is 3.39. The molecule has 0 aliphatic carbocycles. The van der Waals surface area contributed by atoms with Crippen molar-refractivity contribution in [3.63, 3.8) is 0 Å². The summed E-state index contributed by atoms with van der Waals surface area (Å²) in [6, 6.07) is 23.0. The van der Waals surface area contributed by atoms with Gasteiger partial charge in [-0.1, -0.05) is 30.3 Å². The van der Waals surface area contributed by atoms with Gasteiger partial charge in [0.1, 0.15) is 17.2 Å². The van der Waals surface area contributed by atoms with Crippen molar-refractivity contribution in [2.45, 2.75) is 0 Å². The average molecular weight is 485 g/mol. The van der Waals surface area contributed by atoms with Crippen LogP contribution in [0.1, 0.15) is 10.4 Å². The minimum atomic E-state index is -0.266. The summed E-state index contributed by atoms with van der Waals surface area (Å²) in [5.74, 6) is 0.971. The molecule has 3 aromatic carbocycles. The second-order valence-electron chi connectivity index (χ2n) is 8.31. The number of methoxy groups -OCH3 is 2. The van der Waals surface area contributed by atoms with Gasteiger partial charge < -0.3 is 24.4 Å². The maximum atomic E-state index is 13.8. The van der Waals surface area contributed by atoms with Gasteiger partial charge in [-0.15, -0.1) is 0 Å². The minimum Gasteiger partial charge on any atom is -0.497 e. The first-order valence-electron chi connectivity index (χ1n) is 11.8. The van der Waals surface area contributed by atoms with Crippen LogP contribution in [0.4, 0.5) is 11.4 Å². The Morgan fingerprint density at radius 3 is 2.44 bits per heavy atom. The normalized spacial score (nSPS) is 13.3.